The predicted octanol–water partition coefficient (Wildman–Crippen LogP) is 4.45. The SMILES string of the molecule is COc1cccc(C2=NN(C(=O)CCC(=O)O)[C@@H](c3cc4ccc(OC)cc4nc3Cl)C2)c1. The summed E-state index contributed by atoms with van der Waals surface area (Å²) in [6.45, 7) is 0. The second-order valence-corrected chi connectivity index (χ2v) is 7.92. The Labute approximate surface area is 195 Å². The van der Waals surface area contributed by atoms with Crippen molar-refractivity contribution in [3.05, 3.63) is 64.8 Å². The van der Waals surface area contributed by atoms with Gasteiger partial charge in [-0.15, -0.1) is 0 Å². The van der Waals surface area contributed by atoms with Gasteiger partial charge < -0.3 is 14.6 Å². The molecule has 0 aliphatic carbocycles. The van der Waals surface area contributed by atoms with Gasteiger partial charge in [-0.1, -0.05) is 23.7 Å². The lowest BCUT2D eigenvalue weighted by atomic mass is 9.98. The lowest BCUT2D eigenvalue weighted by Gasteiger charge is -2.23. The summed E-state index contributed by atoms with van der Waals surface area (Å²) in [6.07, 6.45) is -0.0544. The van der Waals surface area contributed by atoms with Gasteiger partial charge in [0.25, 0.3) is 0 Å². The first-order chi connectivity index (χ1) is 15.9. The standard InChI is InChI=1S/C24H22ClN3O5/c1-32-16-5-3-4-14(10-16)20-13-21(28(27-20)22(29)8-9-23(30)31)18-11-15-6-7-17(33-2)12-19(15)26-24(18)25/h3-7,10-12,21H,8-9,13H2,1-2H3,(H,30,31)/t21-/m1/s1. The molecule has 0 saturated carbocycles. The molecule has 2 heterocycles. The predicted molar refractivity (Wildman–Crippen MR) is 124 cm³/mol. The molecule has 0 unspecified atom stereocenters. The summed E-state index contributed by atoms with van der Waals surface area (Å²) >= 11 is 6.56. The van der Waals surface area contributed by atoms with Gasteiger partial charge in [0, 0.05) is 35.4 Å². The minimum Gasteiger partial charge on any atom is -0.497 e. The highest BCUT2D eigenvalue weighted by atomic mass is 35.5. The first-order valence-electron chi connectivity index (χ1n) is 10.3. The third-order valence-electron chi connectivity index (χ3n) is 5.49. The molecule has 0 radical (unpaired) electrons. The van der Waals surface area contributed by atoms with E-state index in [1.165, 1.54) is 5.01 Å². The fourth-order valence-electron chi connectivity index (χ4n) is 3.79. The Balaban J connectivity index is 1.74. The summed E-state index contributed by atoms with van der Waals surface area (Å²) in [4.78, 5) is 28.5. The smallest absolute Gasteiger partial charge is 0.303 e. The summed E-state index contributed by atoms with van der Waals surface area (Å²) in [5.41, 5.74) is 2.79. The molecule has 170 valence electrons. The number of pyridine rings is 1. The van der Waals surface area contributed by atoms with Gasteiger partial charge in [0.05, 0.1) is 37.9 Å². The highest BCUT2D eigenvalue weighted by molar-refractivity contribution is 6.30. The van der Waals surface area contributed by atoms with Gasteiger partial charge in [-0.25, -0.2) is 9.99 Å². The van der Waals surface area contributed by atoms with Crippen molar-refractivity contribution in [2.45, 2.75) is 25.3 Å². The van der Waals surface area contributed by atoms with Crippen molar-refractivity contribution >= 4 is 40.1 Å². The van der Waals surface area contributed by atoms with Crippen molar-refractivity contribution < 1.29 is 24.2 Å². The number of carboxylic acid groups (broad SMARTS) is 1. The minimum atomic E-state index is -1.05. The topological polar surface area (TPSA) is 101 Å². The molecule has 8 nitrogen and oxygen atoms in total. The molecular formula is C24H22ClN3O5. The summed E-state index contributed by atoms with van der Waals surface area (Å²) in [5.74, 6) is -0.114. The number of methoxy groups -OCH3 is 2. The van der Waals surface area contributed by atoms with E-state index in [9.17, 15) is 9.59 Å². The molecule has 1 N–H and O–H groups in total. The van der Waals surface area contributed by atoms with Crippen LogP contribution in [0, 0.1) is 0 Å². The first kappa shape index (κ1) is 22.5. The number of benzene rings is 2. The van der Waals surface area contributed by atoms with E-state index in [0.29, 0.717) is 34.7 Å². The largest absolute Gasteiger partial charge is 0.497 e. The summed E-state index contributed by atoms with van der Waals surface area (Å²) < 4.78 is 10.6. The maximum atomic E-state index is 12.9. The van der Waals surface area contributed by atoms with E-state index in [2.05, 4.69) is 10.1 Å². The Kier molecular flexibility index (Phi) is 6.46. The van der Waals surface area contributed by atoms with Gasteiger partial charge in [-0.05, 0) is 30.3 Å². The molecule has 0 bridgehead atoms. The molecule has 1 amide bonds. The zero-order chi connectivity index (χ0) is 23.5. The Hall–Kier alpha value is -3.65. The molecule has 1 atom stereocenters. The van der Waals surface area contributed by atoms with E-state index in [-0.39, 0.29) is 18.0 Å². The highest BCUT2D eigenvalue weighted by Crippen LogP contribution is 2.38. The Morgan fingerprint density at radius 1 is 1.09 bits per heavy atom. The van der Waals surface area contributed by atoms with Crippen LogP contribution in [-0.4, -0.2) is 46.9 Å². The number of carbonyl (C=O) groups excluding carboxylic acids is 1. The van der Waals surface area contributed by atoms with Crippen molar-refractivity contribution in [1.82, 2.24) is 9.99 Å². The summed E-state index contributed by atoms with van der Waals surface area (Å²) in [7, 11) is 3.16. The van der Waals surface area contributed by atoms with Gasteiger partial charge in [0.15, 0.2) is 0 Å². The van der Waals surface area contributed by atoms with Gasteiger partial charge in [-0.2, -0.15) is 5.10 Å². The molecule has 1 aliphatic rings. The fraction of sp³-hybridized carbons (Fsp3) is 0.250. The molecular weight excluding hydrogens is 446 g/mol. The van der Waals surface area contributed by atoms with Gasteiger partial charge >= 0.3 is 5.97 Å². The van der Waals surface area contributed by atoms with E-state index in [0.717, 1.165) is 10.9 Å². The molecule has 9 heteroatoms. The second-order valence-electron chi connectivity index (χ2n) is 7.56. The second kappa shape index (κ2) is 9.46. The van der Waals surface area contributed by atoms with Crippen molar-refractivity contribution in [3.63, 3.8) is 0 Å². The fourth-order valence-corrected chi connectivity index (χ4v) is 4.06. The third-order valence-corrected chi connectivity index (χ3v) is 5.79. The molecule has 33 heavy (non-hydrogen) atoms. The molecule has 1 aromatic heterocycles. The summed E-state index contributed by atoms with van der Waals surface area (Å²) in [6, 6.07) is 14.2. The average Bonchev–Trinajstić information content (AvgIpc) is 3.27. The number of ether oxygens (including phenoxy) is 2. The highest BCUT2D eigenvalue weighted by Gasteiger charge is 2.35. The van der Waals surface area contributed by atoms with Crippen LogP contribution in [0.1, 0.15) is 36.4 Å². The summed E-state index contributed by atoms with van der Waals surface area (Å²) in [5, 5.41) is 16.0. The normalized spacial score (nSPS) is 15.4. The van der Waals surface area contributed by atoms with Crippen LogP contribution in [0.2, 0.25) is 5.15 Å². The Bertz CT molecular complexity index is 1260. The molecule has 1 aliphatic heterocycles. The first-order valence-corrected chi connectivity index (χ1v) is 10.7. The van der Waals surface area contributed by atoms with Gasteiger partial charge in [0.1, 0.15) is 16.7 Å². The Morgan fingerprint density at radius 3 is 2.58 bits per heavy atom. The van der Waals surface area contributed by atoms with E-state index < -0.39 is 17.9 Å². The number of hydrogen-bond donors (Lipinski definition) is 1. The van der Waals surface area contributed by atoms with Crippen LogP contribution < -0.4 is 9.47 Å². The monoisotopic (exact) mass is 467 g/mol. The average molecular weight is 468 g/mol. The van der Waals surface area contributed by atoms with Crippen LogP contribution >= 0.6 is 11.6 Å². The number of nitrogens with zero attached hydrogens (tertiary/aromatic N) is 3. The minimum absolute atomic E-state index is 0.170. The quantitative estimate of drug-likeness (QED) is 0.515. The van der Waals surface area contributed by atoms with Crippen LogP contribution in [0.4, 0.5) is 0 Å². The van der Waals surface area contributed by atoms with Crippen LogP contribution in [0.15, 0.2) is 53.6 Å². The number of hydrogen-bond acceptors (Lipinski definition) is 6. The maximum absolute atomic E-state index is 12.9. The van der Waals surface area contributed by atoms with Gasteiger partial charge in [-0.3, -0.25) is 9.59 Å². The lowest BCUT2D eigenvalue weighted by molar-refractivity contribution is -0.141. The number of carboxylic acids is 1. The Morgan fingerprint density at radius 2 is 1.85 bits per heavy atom. The maximum Gasteiger partial charge on any atom is 0.303 e. The third kappa shape index (κ3) is 4.75. The number of amides is 1. The van der Waals surface area contributed by atoms with Crippen molar-refractivity contribution in [3.8, 4) is 11.5 Å². The van der Waals surface area contributed by atoms with E-state index in [4.69, 9.17) is 26.2 Å². The zero-order valence-electron chi connectivity index (χ0n) is 18.1. The molecule has 3 aromatic rings. The number of aromatic nitrogens is 1. The van der Waals surface area contributed by atoms with E-state index in [1.807, 2.05) is 42.5 Å². The molecule has 0 spiro atoms. The number of aliphatic carboxylic acids is 1. The molecule has 0 saturated heterocycles. The number of halogens is 1. The van der Waals surface area contributed by atoms with Crippen LogP contribution in [0.25, 0.3) is 10.9 Å². The number of hydrazone groups is 1. The van der Waals surface area contributed by atoms with E-state index in [1.54, 1.807) is 20.3 Å². The van der Waals surface area contributed by atoms with Crippen LogP contribution in [0.5, 0.6) is 11.5 Å². The zero-order valence-corrected chi connectivity index (χ0v) is 18.9. The van der Waals surface area contributed by atoms with Crippen LogP contribution in [-0.2, 0) is 9.59 Å². The van der Waals surface area contributed by atoms with Gasteiger partial charge in [0.2, 0.25) is 5.91 Å². The molecule has 4 rings (SSSR count). The van der Waals surface area contributed by atoms with Crippen molar-refractivity contribution in [2.24, 2.45) is 5.10 Å². The van der Waals surface area contributed by atoms with Crippen LogP contribution in [0.3, 0.4) is 0 Å². The number of fused-ring (bicyclic) bond motifs is 1. The lowest BCUT2D eigenvalue weighted by Crippen LogP contribution is -2.27. The number of rotatable bonds is 7. The van der Waals surface area contributed by atoms with E-state index >= 15 is 0 Å². The molecule has 0 fully saturated rings. The van der Waals surface area contributed by atoms with Crippen molar-refractivity contribution in [2.75, 3.05) is 14.2 Å². The number of carbonyl (C=O) groups is 2. The van der Waals surface area contributed by atoms with Crippen molar-refractivity contribution in [1.29, 1.82) is 0 Å². The molecule has 2 aromatic carbocycles.